The standard InChI is InChI=1S/C9H14N2O/c1-11(2)7-8-12-9-3-5-10-6-4-9/h3-6H,7-8H2,1-2H3. The Morgan fingerprint density at radius 1 is 1.33 bits per heavy atom. The molecule has 0 aromatic carbocycles. The lowest BCUT2D eigenvalue weighted by molar-refractivity contribution is 0.261. The summed E-state index contributed by atoms with van der Waals surface area (Å²) in [5.41, 5.74) is 0. The van der Waals surface area contributed by atoms with Crippen LogP contribution in [-0.4, -0.2) is 37.1 Å². The zero-order valence-corrected chi connectivity index (χ0v) is 7.53. The molecule has 0 radical (unpaired) electrons. The quantitative estimate of drug-likeness (QED) is 0.667. The highest BCUT2D eigenvalue weighted by atomic mass is 16.5. The third kappa shape index (κ3) is 3.34. The molecule has 0 atom stereocenters. The van der Waals surface area contributed by atoms with Crippen molar-refractivity contribution in [3.05, 3.63) is 24.5 Å². The lowest BCUT2D eigenvalue weighted by Crippen LogP contribution is -2.19. The van der Waals surface area contributed by atoms with E-state index in [9.17, 15) is 0 Å². The molecule has 0 amide bonds. The fraction of sp³-hybridized carbons (Fsp3) is 0.444. The van der Waals surface area contributed by atoms with Gasteiger partial charge >= 0.3 is 0 Å². The van der Waals surface area contributed by atoms with Crippen LogP contribution in [0.2, 0.25) is 0 Å². The molecule has 1 rings (SSSR count). The Labute approximate surface area is 73.0 Å². The van der Waals surface area contributed by atoms with Crippen molar-refractivity contribution in [1.82, 2.24) is 9.88 Å². The normalized spacial score (nSPS) is 10.2. The van der Waals surface area contributed by atoms with E-state index in [1.807, 2.05) is 26.2 Å². The van der Waals surface area contributed by atoms with Gasteiger partial charge in [-0.1, -0.05) is 0 Å². The maximum Gasteiger partial charge on any atom is 0.122 e. The fourth-order valence-electron chi connectivity index (χ4n) is 0.781. The Kier molecular flexibility index (Phi) is 3.54. The van der Waals surface area contributed by atoms with Crippen LogP contribution in [0, 0.1) is 0 Å². The van der Waals surface area contributed by atoms with Gasteiger partial charge in [-0.15, -0.1) is 0 Å². The second kappa shape index (κ2) is 4.72. The molecule has 0 aliphatic rings. The van der Waals surface area contributed by atoms with E-state index >= 15 is 0 Å². The third-order valence-corrected chi connectivity index (χ3v) is 1.46. The molecule has 0 fully saturated rings. The maximum atomic E-state index is 5.44. The molecule has 0 saturated carbocycles. The molecule has 1 aromatic heterocycles. The Balaban J connectivity index is 2.25. The van der Waals surface area contributed by atoms with Crippen LogP contribution in [0.3, 0.4) is 0 Å². The molecule has 0 saturated heterocycles. The van der Waals surface area contributed by atoms with E-state index in [-0.39, 0.29) is 0 Å². The summed E-state index contributed by atoms with van der Waals surface area (Å²) in [5.74, 6) is 0.881. The minimum Gasteiger partial charge on any atom is -0.492 e. The molecule has 1 aromatic rings. The molecule has 3 nitrogen and oxygen atoms in total. The first kappa shape index (κ1) is 9.00. The molecular weight excluding hydrogens is 152 g/mol. The van der Waals surface area contributed by atoms with Crippen molar-refractivity contribution in [3.8, 4) is 5.75 Å². The zero-order valence-electron chi connectivity index (χ0n) is 7.53. The largest absolute Gasteiger partial charge is 0.492 e. The predicted octanol–water partition coefficient (Wildman–Crippen LogP) is 1.02. The number of hydrogen-bond acceptors (Lipinski definition) is 3. The van der Waals surface area contributed by atoms with Crippen LogP contribution in [0.5, 0.6) is 5.75 Å². The summed E-state index contributed by atoms with van der Waals surface area (Å²) < 4.78 is 5.44. The van der Waals surface area contributed by atoms with Crippen LogP contribution in [0.25, 0.3) is 0 Å². The first-order chi connectivity index (χ1) is 5.79. The Hall–Kier alpha value is -1.09. The molecular formula is C9H14N2O. The average Bonchev–Trinajstić information content (AvgIpc) is 2.05. The molecule has 3 heteroatoms. The molecule has 0 N–H and O–H groups in total. The van der Waals surface area contributed by atoms with E-state index in [2.05, 4.69) is 9.88 Å². The van der Waals surface area contributed by atoms with Gasteiger partial charge in [0.1, 0.15) is 12.4 Å². The smallest absolute Gasteiger partial charge is 0.122 e. The highest BCUT2D eigenvalue weighted by Gasteiger charge is 1.92. The van der Waals surface area contributed by atoms with Gasteiger partial charge in [-0.2, -0.15) is 0 Å². The summed E-state index contributed by atoms with van der Waals surface area (Å²) in [6.07, 6.45) is 3.45. The Morgan fingerprint density at radius 3 is 2.58 bits per heavy atom. The number of pyridine rings is 1. The van der Waals surface area contributed by atoms with Crippen molar-refractivity contribution in [3.63, 3.8) is 0 Å². The number of nitrogens with zero attached hydrogens (tertiary/aromatic N) is 2. The number of hydrogen-bond donors (Lipinski definition) is 0. The summed E-state index contributed by atoms with van der Waals surface area (Å²) in [4.78, 5) is 5.98. The topological polar surface area (TPSA) is 25.4 Å². The second-order valence-electron chi connectivity index (χ2n) is 2.83. The molecule has 66 valence electrons. The van der Waals surface area contributed by atoms with E-state index in [1.165, 1.54) is 0 Å². The molecule has 12 heavy (non-hydrogen) atoms. The van der Waals surface area contributed by atoms with Crippen LogP contribution < -0.4 is 4.74 Å². The SMILES string of the molecule is CN(C)CCOc1ccncc1. The molecule has 0 aliphatic heterocycles. The monoisotopic (exact) mass is 166 g/mol. The van der Waals surface area contributed by atoms with Gasteiger partial charge in [0.2, 0.25) is 0 Å². The van der Waals surface area contributed by atoms with Crippen LogP contribution in [0.1, 0.15) is 0 Å². The molecule has 1 heterocycles. The number of likely N-dealkylation sites (N-methyl/N-ethyl adjacent to an activating group) is 1. The number of rotatable bonds is 4. The van der Waals surface area contributed by atoms with E-state index < -0.39 is 0 Å². The third-order valence-electron chi connectivity index (χ3n) is 1.46. The summed E-state index contributed by atoms with van der Waals surface area (Å²) >= 11 is 0. The van der Waals surface area contributed by atoms with Crippen molar-refractivity contribution < 1.29 is 4.74 Å². The predicted molar refractivity (Wildman–Crippen MR) is 48.3 cm³/mol. The van der Waals surface area contributed by atoms with Crippen LogP contribution in [-0.2, 0) is 0 Å². The summed E-state index contributed by atoms with van der Waals surface area (Å²) in [5, 5.41) is 0. The van der Waals surface area contributed by atoms with Crippen LogP contribution in [0.15, 0.2) is 24.5 Å². The highest BCUT2D eigenvalue weighted by molar-refractivity contribution is 5.16. The Bertz CT molecular complexity index is 211. The second-order valence-corrected chi connectivity index (χ2v) is 2.83. The fourth-order valence-corrected chi connectivity index (χ4v) is 0.781. The number of ether oxygens (including phenoxy) is 1. The van der Waals surface area contributed by atoms with Gasteiger partial charge in [-0.05, 0) is 26.2 Å². The first-order valence-electron chi connectivity index (χ1n) is 3.96. The van der Waals surface area contributed by atoms with E-state index in [0.717, 1.165) is 18.9 Å². The molecule has 0 bridgehead atoms. The van der Waals surface area contributed by atoms with Gasteiger partial charge in [0.25, 0.3) is 0 Å². The van der Waals surface area contributed by atoms with Crippen molar-refractivity contribution in [1.29, 1.82) is 0 Å². The van der Waals surface area contributed by atoms with Gasteiger partial charge in [-0.25, -0.2) is 0 Å². The number of aromatic nitrogens is 1. The lowest BCUT2D eigenvalue weighted by Gasteiger charge is -2.10. The van der Waals surface area contributed by atoms with Gasteiger partial charge in [0.15, 0.2) is 0 Å². The minimum atomic E-state index is 0.719. The summed E-state index contributed by atoms with van der Waals surface area (Å²) in [6.45, 7) is 1.65. The first-order valence-corrected chi connectivity index (χ1v) is 3.96. The average molecular weight is 166 g/mol. The Morgan fingerprint density at radius 2 is 2.00 bits per heavy atom. The van der Waals surface area contributed by atoms with Crippen molar-refractivity contribution in [2.45, 2.75) is 0 Å². The van der Waals surface area contributed by atoms with Gasteiger partial charge in [0.05, 0.1) is 0 Å². The minimum absolute atomic E-state index is 0.719. The zero-order chi connectivity index (χ0) is 8.81. The van der Waals surface area contributed by atoms with Crippen molar-refractivity contribution in [2.75, 3.05) is 27.2 Å². The summed E-state index contributed by atoms with van der Waals surface area (Å²) in [6, 6.07) is 3.71. The summed E-state index contributed by atoms with van der Waals surface area (Å²) in [7, 11) is 4.05. The highest BCUT2D eigenvalue weighted by Crippen LogP contribution is 2.05. The van der Waals surface area contributed by atoms with Crippen LogP contribution >= 0.6 is 0 Å². The van der Waals surface area contributed by atoms with E-state index in [1.54, 1.807) is 12.4 Å². The van der Waals surface area contributed by atoms with E-state index in [0.29, 0.717) is 0 Å². The van der Waals surface area contributed by atoms with E-state index in [4.69, 9.17) is 4.74 Å². The van der Waals surface area contributed by atoms with Gasteiger partial charge in [0, 0.05) is 18.9 Å². The molecule has 0 aliphatic carbocycles. The molecule has 0 spiro atoms. The lowest BCUT2D eigenvalue weighted by atomic mass is 10.4. The van der Waals surface area contributed by atoms with Gasteiger partial charge in [-0.3, -0.25) is 4.98 Å². The molecule has 0 unspecified atom stereocenters. The van der Waals surface area contributed by atoms with Crippen molar-refractivity contribution in [2.24, 2.45) is 0 Å². The van der Waals surface area contributed by atoms with Gasteiger partial charge < -0.3 is 9.64 Å². The van der Waals surface area contributed by atoms with Crippen LogP contribution in [0.4, 0.5) is 0 Å². The van der Waals surface area contributed by atoms with Crippen molar-refractivity contribution >= 4 is 0 Å². The maximum absolute atomic E-state index is 5.44.